The van der Waals surface area contributed by atoms with Crippen LogP contribution in [0.4, 0.5) is 0 Å². The predicted octanol–water partition coefficient (Wildman–Crippen LogP) is 2.40. The molecule has 15 heavy (non-hydrogen) atoms. The maximum Gasteiger partial charge on any atom is 0.163 e. The predicted molar refractivity (Wildman–Crippen MR) is 61.8 cm³/mol. The quantitative estimate of drug-likeness (QED) is 0.708. The molecular formula is C13H21NO. The highest BCUT2D eigenvalue weighted by Crippen LogP contribution is 2.30. The van der Waals surface area contributed by atoms with Crippen LogP contribution in [0.5, 0.6) is 0 Å². The lowest BCUT2D eigenvalue weighted by Gasteiger charge is -2.18. The number of ketones is 1. The van der Waals surface area contributed by atoms with E-state index in [1.54, 1.807) is 0 Å². The maximum absolute atomic E-state index is 12.1. The third-order valence-corrected chi connectivity index (χ3v) is 3.77. The molecule has 2 nitrogen and oxygen atoms in total. The summed E-state index contributed by atoms with van der Waals surface area (Å²) in [6.45, 7) is 7.62. The molecule has 2 heteroatoms. The Bertz CT molecular complexity index is 287. The minimum absolute atomic E-state index is 0.276. The number of hydrogen-bond donors (Lipinski definition) is 0. The standard InChI is InChI=1S/C13H21NO/c1-3-12-10(2)8-11(13(12)15)9-14-6-4-5-7-14/h11H,3-9H2,1-2H3. The molecule has 1 aliphatic carbocycles. The van der Waals surface area contributed by atoms with Crippen molar-refractivity contribution in [3.8, 4) is 0 Å². The zero-order valence-corrected chi connectivity index (χ0v) is 9.88. The van der Waals surface area contributed by atoms with E-state index < -0.39 is 0 Å². The third kappa shape index (κ3) is 2.15. The Labute approximate surface area is 92.3 Å². The number of carbonyl (C=O) groups is 1. The Morgan fingerprint density at radius 1 is 1.33 bits per heavy atom. The molecule has 84 valence electrons. The first kappa shape index (κ1) is 10.9. The van der Waals surface area contributed by atoms with E-state index in [0.29, 0.717) is 5.78 Å². The van der Waals surface area contributed by atoms with Gasteiger partial charge in [-0.25, -0.2) is 0 Å². The van der Waals surface area contributed by atoms with Gasteiger partial charge >= 0.3 is 0 Å². The lowest BCUT2D eigenvalue weighted by molar-refractivity contribution is -0.118. The van der Waals surface area contributed by atoms with Crippen LogP contribution in [0.15, 0.2) is 11.1 Å². The Balaban J connectivity index is 1.94. The number of allylic oxidation sites excluding steroid dienone is 2. The van der Waals surface area contributed by atoms with Crippen molar-refractivity contribution in [3.05, 3.63) is 11.1 Å². The van der Waals surface area contributed by atoms with E-state index in [9.17, 15) is 4.79 Å². The molecule has 0 aromatic carbocycles. The van der Waals surface area contributed by atoms with E-state index in [0.717, 1.165) is 25.0 Å². The molecule has 0 N–H and O–H groups in total. The van der Waals surface area contributed by atoms with Gasteiger partial charge in [-0.05, 0) is 51.3 Å². The molecule has 2 rings (SSSR count). The largest absolute Gasteiger partial charge is 0.303 e. The molecule has 0 bridgehead atoms. The molecular weight excluding hydrogens is 186 g/mol. The molecule has 0 amide bonds. The fourth-order valence-electron chi connectivity index (χ4n) is 2.94. The van der Waals surface area contributed by atoms with E-state index in [1.807, 2.05) is 0 Å². The van der Waals surface area contributed by atoms with Crippen LogP contribution in [0.3, 0.4) is 0 Å². The van der Waals surface area contributed by atoms with Crippen molar-refractivity contribution < 1.29 is 4.79 Å². The number of hydrogen-bond acceptors (Lipinski definition) is 2. The van der Waals surface area contributed by atoms with Gasteiger partial charge in [-0.2, -0.15) is 0 Å². The van der Waals surface area contributed by atoms with E-state index in [-0.39, 0.29) is 5.92 Å². The first-order valence-corrected chi connectivity index (χ1v) is 6.17. The molecule has 1 saturated heterocycles. The highest BCUT2D eigenvalue weighted by Gasteiger charge is 2.31. The zero-order chi connectivity index (χ0) is 10.8. The van der Waals surface area contributed by atoms with E-state index in [4.69, 9.17) is 0 Å². The van der Waals surface area contributed by atoms with Gasteiger partial charge in [-0.1, -0.05) is 12.5 Å². The second-order valence-electron chi connectivity index (χ2n) is 4.89. The van der Waals surface area contributed by atoms with Crippen molar-refractivity contribution >= 4 is 5.78 Å². The molecule has 1 heterocycles. The second-order valence-corrected chi connectivity index (χ2v) is 4.89. The summed E-state index contributed by atoms with van der Waals surface area (Å²) in [5.74, 6) is 0.708. The highest BCUT2D eigenvalue weighted by molar-refractivity contribution is 6.00. The SMILES string of the molecule is CCC1=C(C)CC(CN2CCCC2)C1=O. The van der Waals surface area contributed by atoms with Gasteiger partial charge in [-0.3, -0.25) is 4.79 Å². The van der Waals surface area contributed by atoms with Crippen molar-refractivity contribution in [2.45, 2.75) is 39.5 Å². The second kappa shape index (κ2) is 4.48. The Morgan fingerprint density at radius 3 is 2.53 bits per heavy atom. The van der Waals surface area contributed by atoms with Crippen molar-refractivity contribution in [1.82, 2.24) is 4.90 Å². The third-order valence-electron chi connectivity index (χ3n) is 3.77. The summed E-state index contributed by atoms with van der Waals surface area (Å²) in [4.78, 5) is 14.5. The Hall–Kier alpha value is -0.630. The van der Waals surface area contributed by atoms with Crippen molar-refractivity contribution in [2.24, 2.45) is 5.92 Å². The summed E-state index contributed by atoms with van der Waals surface area (Å²) in [6, 6.07) is 0. The van der Waals surface area contributed by atoms with Gasteiger partial charge in [0.1, 0.15) is 0 Å². The smallest absolute Gasteiger partial charge is 0.163 e. The van der Waals surface area contributed by atoms with Crippen LogP contribution in [-0.2, 0) is 4.79 Å². The molecule has 0 aromatic heterocycles. The lowest BCUT2D eigenvalue weighted by atomic mass is 10.0. The van der Waals surface area contributed by atoms with Gasteiger partial charge in [0.2, 0.25) is 0 Å². The van der Waals surface area contributed by atoms with E-state index in [1.165, 1.54) is 31.5 Å². The highest BCUT2D eigenvalue weighted by atomic mass is 16.1. The van der Waals surface area contributed by atoms with Crippen LogP contribution in [0.2, 0.25) is 0 Å². The normalized spacial score (nSPS) is 28.1. The van der Waals surface area contributed by atoms with Crippen LogP contribution in [-0.4, -0.2) is 30.3 Å². The number of nitrogens with zero attached hydrogens (tertiary/aromatic N) is 1. The summed E-state index contributed by atoms with van der Waals surface area (Å²) in [5.41, 5.74) is 2.45. The monoisotopic (exact) mass is 207 g/mol. The van der Waals surface area contributed by atoms with Crippen LogP contribution in [0, 0.1) is 5.92 Å². The summed E-state index contributed by atoms with van der Waals surface area (Å²) in [7, 11) is 0. The molecule has 0 saturated carbocycles. The Kier molecular flexibility index (Phi) is 3.25. The zero-order valence-electron chi connectivity index (χ0n) is 9.88. The summed E-state index contributed by atoms with van der Waals surface area (Å²) in [5, 5.41) is 0. The molecule has 0 spiro atoms. The lowest BCUT2D eigenvalue weighted by Crippen LogP contribution is -2.29. The number of Topliss-reactive ketones (excluding diaryl/α,β-unsaturated/α-hetero) is 1. The summed E-state index contributed by atoms with van der Waals surface area (Å²) < 4.78 is 0. The fourth-order valence-corrected chi connectivity index (χ4v) is 2.94. The molecule has 2 aliphatic rings. The van der Waals surface area contributed by atoms with Gasteiger partial charge in [0.15, 0.2) is 5.78 Å². The van der Waals surface area contributed by atoms with Gasteiger partial charge in [0, 0.05) is 12.5 Å². The van der Waals surface area contributed by atoms with Gasteiger partial charge in [0.05, 0.1) is 0 Å². The molecule has 0 aromatic rings. The van der Waals surface area contributed by atoms with E-state index >= 15 is 0 Å². The number of likely N-dealkylation sites (tertiary alicyclic amines) is 1. The van der Waals surface area contributed by atoms with Crippen molar-refractivity contribution in [2.75, 3.05) is 19.6 Å². The van der Waals surface area contributed by atoms with Crippen molar-refractivity contribution in [1.29, 1.82) is 0 Å². The van der Waals surface area contributed by atoms with Crippen LogP contribution >= 0.6 is 0 Å². The number of carbonyl (C=O) groups excluding carboxylic acids is 1. The van der Waals surface area contributed by atoms with Crippen LogP contribution in [0.1, 0.15) is 39.5 Å². The maximum atomic E-state index is 12.1. The molecule has 1 unspecified atom stereocenters. The Morgan fingerprint density at radius 2 is 2.00 bits per heavy atom. The van der Waals surface area contributed by atoms with Gasteiger partial charge < -0.3 is 4.90 Å². The first-order valence-electron chi connectivity index (χ1n) is 6.17. The average Bonchev–Trinajstić information content (AvgIpc) is 2.78. The minimum Gasteiger partial charge on any atom is -0.303 e. The summed E-state index contributed by atoms with van der Waals surface area (Å²) >= 11 is 0. The molecule has 1 fully saturated rings. The molecule has 1 atom stereocenters. The van der Waals surface area contributed by atoms with Crippen LogP contribution < -0.4 is 0 Å². The fraction of sp³-hybridized carbons (Fsp3) is 0.769. The van der Waals surface area contributed by atoms with Crippen molar-refractivity contribution in [3.63, 3.8) is 0 Å². The van der Waals surface area contributed by atoms with Gasteiger partial charge in [0.25, 0.3) is 0 Å². The molecule has 1 aliphatic heterocycles. The average molecular weight is 207 g/mol. The summed E-state index contributed by atoms with van der Waals surface area (Å²) in [6.07, 6.45) is 4.56. The minimum atomic E-state index is 0.276. The molecule has 0 radical (unpaired) electrons. The topological polar surface area (TPSA) is 20.3 Å². The van der Waals surface area contributed by atoms with E-state index in [2.05, 4.69) is 18.7 Å². The number of rotatable bonds is 3. The first-order chi connectivity index (χ1) is 7.22. The van der Waals surface area contributed by atoms with Gasteiger partial charge in [-0.15, -0.1) is 0 Å². The van der Waals surface area contributed by atoms with Crippen LogP contribution in [0.25, 0.3) is 0 Å².